The van der Waals surface area contributed by atoms with Crippen molar-refractivity contribution in [1.29, 1.82) is 5.41 Å². The maximum atomic E-state index is 7.24. The molecule has 3 N–H and O–H groups in total. The van der Waals surface area contributed by atoms with Gasteiger partial charge in [0.05, 0.1) is 15.9 Å². The number of nitrogens with zero attached hydrogens (tertiary/aromatic N) is 2. The molecule has 0 amide bonds. The van der Waals surface area contributed by atoms with Crippen LogP contribution in [-0.2, 0) is 0 Å². The number of amidine groups is 1. The molecule has 0 fully saturated rings. The number of halogens is 2. The number of nitrogens with two attached hydrogens (primary N) is 1. The number of anilines is 1. The molecular weight excluding hydrogens is 247 g/mol. The molecule has 16 heavy (non-hydrogen) atoms. The Morgan fingerprint density at radius 3 is 2.75 bits per heavy atom. The third kappa shape index (κ3) is 3.25. The van der Waals surface area contributed by atoms with Crippen molar-refractivity contribution in [2.45, 2.75) is 19.4 Å². The zero-order chi connectivity index (χ0) is 12.3. The average molecular weight is 261 g/mol. The lowest BCUT2D eigenvalue weighted by Gasteiger charge is -2.26. The number of hydrogen-bond donors (Lipinski definition) is 2. The van der Waals surface area contributed by atoms with Crippen molar-refractivity contribution in [2.24, 2.45) is 5.73 Å². The van der Waals surface area contributed by atoms with Crippen molar-refractivity contribution < 1.29 is 0 Å². The minimum Gasteiger partial charge on any atom is -0.388 e. The van der Waals surface area contributed by atoms with E-state index in [1.165, 1.54) is 0 Å². The van der Waals surface area contributed by atoms with Gasteiger partial charge in [-0.1, -0.05) is 23.2 Å². The van der Waals surface area contributed by atoms with Crippen molar-refractivity contribution in [3.05, 3.63) is 22.3 Å². The fourth-order valence-electron chi connectivity index (χ4n) is 1.33. The molecule has 0 aliphatic carbocycles. The molecule has 0 spiro atoms. The van der Waals surface area contributed by atoms with Crippen LogP contribution in [0.2, 0.25) is 10.0 Å². The third-order valence-electron chi connectivity index (χ3n) is 2.30. The van der Waals surface area contributed by atoms with Crippen molar-refractivity contribution in [3.8, 4) is 0 Å². The molecule has 0 saturated heterocycles. The smallest absolute Gasteiger partial charge is 0.147 e. The van der Waals surface area contributed by atoms with Gasteiger partial charge in [0.1, 0.15) is 5.82 Å². The Bertz CT molecular complexity index is 394. The summed E-state index contributed by atoms with van der Waals surface area (Å²) in [5, 5.41) is 8.24. The van der Waals surface area contributed by atoms with Gasteiger partial charge in [-0.25, -0.2) is 4.98 Å². The molecule has 1 heterocycles. The fraction of sp³-hybridized carbons (Fsp3) is 0.400. The lowest BCUT2D eigenvalue weighted by Crippen LogP contribution is -2.33. The van der Waals surface area contributed by atoms with E-state index in [-0.39, 0.29) is 11.9 Å². The van der Waals surface area contributed by atoms with Gasteiger partial charge in [-0.2, -0.15) is 0 Å². The Labute approximate surface area is 105 Å². The highest BCUT2D eigenvalue weighted by atomic mass is 35.5. The summed E-state index contributed by atoms with van der Waals surface area (Å²) >= 11 is 11.8. The van der Waals surface area contributed by atoms with Crippen molar-refractivity contribution in [3.63, 3.8) is 0 Å². The average Bonchev–Trinajstić information content (AvgIpc) is 2.15. The van der Waals surface area contributed by atoms with Gasteiger partial charge in [0.15, 0.2) is 0 Å². The molecule has 0 aromatic carbocycles. The van der Waals surface area contributed by atoms with Gasteiger partial charge in [-0.3, -0.25) is 5.41 Å². The minimum absolute atomic E-state index is 0.0590. The highest BCUT2D eigenvalue weighted by Crippen LogP contribution is 2.26. The van der Waals surface area contributed by atoms with Crippen LogP contribution in [0.1, 0.15) is 13.3 Å². The minimum atomic E-state index is 0.0590. The summed E-state index contributed by atoms with van der Waals surface area (Å²) in [6.45, 7) is 1.95. The van der Waals surface area contributed by atoms with Crippen LogP contribution in [0.15, 0.2) is 12.3 Å². The second kappa shape index (κ2) is 5.37. The first kappa shape index (κ1) is 13.1. The predicted octanol–water partition coefficient (Wildman–Crippen LogP) is 2.54. The number of hydrogen-bond acceptors (Lipinski definition) is 3. The first-order valence-corrected chi connectivity index (χ1v) is 5.54. The van der Waals surface area contributed by atoms with Crippen molar-refractivity contribution in [1.82, 2.24) is 4.98 Å². The topological polar surface area (TPSA) is 66.0 Å². The van der Waals surface area contributed by atoms with E-state index in [2.05, 4.69) is 4.98 Å². The van der Waals surface area contributed by atoms with Crippen LogP contribution < -0.4 is 10.6 Å². The largest absolute Gasteiger partial charge is 0.388 e. The number of aromatic nitrogens is 1. The number of rotatable bonds is 4. The van der Waals surface area contributed by atoms with Gasteiger partial charge < -0.3 is 10.6 Å². The normalized spacial score (nSPS) is 12.2. The molecule has 88 valence electrons. The van der Waals surface area contributed by atoms with Crippen LogP contribution >= 0.6 is 23.2 Å². The van der Waals surface area contributed by atoms with Crippen LogP contribution in [0.25, 0.3) is 0 Å². The van der Waals surface area contributed by atoms with E-state index in [9.17, 15) is 0 Å². The summed E-state index contributed by atoms with van der Waals surface area (Å²) in [6.07, 6.45) is 2.01. The van der Waals surface area contributed by atoms with Crippen molar-refractivity contribution in [2.75, 3.05) is 11.9 Å². The third-order valence-corrected chi connectivity index (χ3v) is 2.78. The van der Waals surface area contributed by atoms with Crippen LogP contribution in [-0.4, -0.2) is 23.9 Å². The van der Waals surface area contributed by atoms with Gasteiger partial charge in [-0.05, 0) is 13.0 Å². The molecule has 4 nitrogen and oxygen atoms in total. The maximum Gasteiger partial charge on any atom is 0.147 e. The summed E-state index contributed by atoms with van der Waals surface area (Å²) < 4.78 is 0. The van der Waals surface area contributed by atoms with E-state index < -0.39 is 0 Å². The predicted molar refractivity (Wildman–Crippen MR) is 68.7 cm³/mol. The van der Waals surface area contributed by atoms with Gasteiger partial charge in [0, 0.05) is 25.7 Å². The number of pyridine rings is 1. The van der Waals surface area contributed by atoms with E-state index in [0.29, 0.717) is 22.3 Å². The monoisotopic (exact) mass is 260 g/mol. The Morgan fingerprint density at radius 2 is 2.25 bits per heavy atom. The molecular formula is C10H14Cl2N4. The molecule has 0 saturated carbocycles. The first-order valence-electron chi connectivity index (χ1n) is 4.78. The van der Waals surface area contributed by atoms with Gasteiger partial charge in [0.2, 0.25) is 0 Å². The second-order valence-electron chi connectivity index (χ2n) is 3.65. The van der Waals surface area contributed by atoms with E-state index in [1.807, 2.05) is 18.9 Å². The fourth-order valence-corrected chi connectivity index (χ4v) is 1.84. The van der Waals surface area contributed by atoms with Gasteiger partial charge >= 0.3 is 0 Å². The highest BCUT2D eigenvalue weighted by molar-refractivity contribution is 6.36. The summed E-state index contributed by atoms with van der Waals surface area (Å²) in [6, 6.07) is 1.70. The quantitative estimate of drug-likeness (QED) is 0.646. The van der Waals surface area contributed by atoms with Crippen LogP contribution in [0.4, 0.5) is 5.82 Å². The molecule has 0 radical (unpaired) electrons. The van der Waals surface area contributed by atoms with E-state index in [4.69, 9.17) is 34.3 Å². The van der Waals surface area contributed by atoms with Gasteiger partial charge in [0.25, 0.3) is 0 Å². The highest BCUT2D eigenvalue weighted by Gasteiger charge is 2.15. The zero-order valence-electron chi connectivity index (χ0n) is 9.17. The second-order valence-corrected chi connectivity index (χ2v) is 4.49. The molecule has 1 aromatic heterocycles. The molecule has 0 bridgehead atoms. The lowest BCUT2D eigenvalue weighted by molar-refractivity contribution is 0.700. The molecule has 1 rings (SSSR count). The Morgan fingerprint density at radius 1 is 1.62 bits per heavy atom. The van der Waals surface area contributed by atoms with Crippen LogP contribution in [0, 0.1) is 5.41 Å². The Kier molecular flexibility index (Phi) is 4.38. The standard InChI is InChI=1S/C10H14Cl2N4/c1-6(3-9(13)14)16(2)10-8(12)4-7(11)5-15-10/h4-6H,3H2,1-2H3,(H3,13,14). The lowest BCUT2D eigenvalue weighted by atomic mass is 10.2. The molecule has 0 aliphatic rings. The van der Waals surface area contributed by atoms with Crippen LogP contribution in [0.5, 0.6) is 0 Å². The molecule has 0 aliphatic heterocycles. The number of nitrogens with one attached hydrogen (secondary N) is 1. The van der Waals surface area contributed by atoms with Crippen molar-refractivity contribution >= 4 is 34.9 Å². The molecule has 1 atom stereocenters. The molecule has 1 unspecified atom stereocenters. The molecule has 1 aromatic rings. The zero-order valence-corrected chi connectivity index (χ0v) is 10.7. The summed E-state index contributed by atoms with van der Waals surface area (Å²) in [5.74, 6) is 0.782. The summed E-state index contributed by atoms with van der Waals surface area (Å²) in [7, 11) is 1.86. The van der Waals surface area contributed by atoms with E-state index in [1.54, 1.807) is 12.3 Å². The van der Waals surface area contributed by atoms with E-state index in [0.717, 1.165) is 0 Å². The molecule has 6 heteroatoms. The first-order chi connectivity index (χ1) is 7.41. The maximum absolute atomic E-state index is 7.24. The van der Waals surface area contributed by atoms with E-state index >= 15 is 0 Å². The summed E-state index contributed by atoms with van der Waals surface area (Å²) in [4.78, 5) is 6.03. The Balaban J connectivity index is 2.87. The van der Waals surface area contributed by atoms with Gasteiger partial charge in [-0.15, -0.1) is 0 Å². The van der Waals surface area contributed by atoms with Crippen LogP contribution in [0.3, 0.4) is 0 Å². The Hall–Kier alpha value is -1.000. The summed E-state index contributed by atoms with van der Waals surface area (Å²) in [5.41, 5.74) is 5.35. The SMILES string of the molecule is CC(CC(=N)N)N(C)c1ncc(Cl)cc1Cl.